The lowest BCUT2D eigenvalue weighted by Gasteiger charge is -2.04. The van der Waals surface area contributed by atoms with Crippen molar-refractivity contribution in [3.05, 3.63) is 22.1 Å². The monoisotopic (exact) mass is 219 g/mol. The average molecular weight is 220 g/mol. The van der Waals surface area contributed by atoms with Crippen LogP contribution in [0.15, 0.2) is 15.2 Å². The third-order valence-corrected chi connectivity index (χ3v) is 1.75. The van der Waals surface area contributed by atoms with Crippen LogP contribution in [-0.2, 0) is 6.54 Å². The van der Waals surface area contributed by atoms with Gasteiger partial charge in [0.15, 0.2) is 4.67 Å². The molecule has 0 radical (unpaired) electrons. The van der Waals surface area contributed by atoms with Crippen LogP contribution < -0.4 is 0 Å². The SMILES string of the molecule is Cc1cc(Br)oc1CN(C)O. The van der Waals surface area contributed by atoms with Gasteiger partial charge in [0.2, 0.25) is 0 Å². The molecule has 0 aromatic carbocycles. The van der Waals surface area contributed by atoms with Crippen LogP contribution in [0.1, 0.15) is 11.3 Å². The summed E-state index contributed by atoms with van der Waals surface area (Å²) < 4.78 is 5.94. The maximum atomic E-state index is 8.90. The summed E-state index contributed by atoms with van der Waals surface area (Å²) in [5, 5.41) is 9.98. The van der Waals surface area contributed by atoms with E-state index in [0.29, 0.717) is 11.2 Å². The van der Waals surface area contributed by atoms with Crippen LogP contribution in [0.5, 0.6) is 0 Å². The fraction of sp³-hybridized carbons (Fsp3) is 0.429. The van der Waals surface area contributed by atoms with Crippen LogP contribution in [0.25, 0.3) is 0 Å². The van der Waals surface area contributed by atoms with Gasteiger partial charge in [-0.2, -0.15) is 5.06 Å². The number of hydrogen-bond acceptors (Lipinski definition) is 3. The second-order valence-electron chi connectivity index (χ2n) is 2.47. The first-order chi connectivity index (χ1) is 5.09. The molecular formula is C7H10BrNO2. The molecule has 0 saturated heterocycles. The van der Waals surface area contributed by atoms with Gasteiger partial charge in [-0.1, -0.05) is 0 Å². The normalized spacial score (nSPS) is 11.0. The van der Waals surface area contributed by atoms with Gasteiger partial charge in [0.25, 0.3) is 0 Å². The molecule has 3 nitrogen and oxygen atoms in total. The van der Waals surface area contributed by atoms with Crippen molar-refractivity contribution in [3.8, 4) is 0 Å². The van der Waals surface area contributed by atoms with E-state index in [0.717, 1.165) is 16.4 Å². The van der Waals surface area contributed by atoms with E-state index in [9.17, 15) is 0 Å². The summed E-state index contributed by atoms with van der Waals surface area (Å²) in [5.41, 5.74) is 1.04. The van der Waals surface area contributed by atoms with Crippen LogP contribution in [0.2, 0.25) is 0 Å². The summed E-state index contributed by atoms with van der Waals surface area (Å²) in [6.45, 7) is 2.35. The minimum Gasteiger partial charge on any atom is -0.453 e. The van der Waals surface area contributed by atoms with Crippen LogP contribution in [0.3, 0.4) is 0 Å². The van der Waals surface area contributed by atoms with Gasteiger partial charge in [-0.15, -0.1) is 0 Å². The largest absolute Gasteiger partial charge is 0.453 e. The quantitative estimate of drug-likeness (QED) is 0.776. The number of rotatable bonds is 2. The molecule has 0 bridgehead atoms. The lowest BCUT2D eigenvalue weighted by Crippen LogP contribution is -2.11. The van der Waals surface area contributed by atoms with Crippen LogP contribution in [-0.4, -0.2) is 17.3 Å². The molecule has 1 rings (SSSR count). The number of furan rings is 1. The Morgan fingerprint density at radius 3 is 2.73 bits per heavy atom. The highest BCUT2D eigenvalue weighted by Gasteiger charge is 2.06. The van der Waals surface area contributed by atoms with Crippen molar-refractivity contribution in [3.63, 3.8) is 0 Å². The highest BCUT2D eigenvalue weighted by atomic mass is 79.9. The van der Waals surface area contributed by atoms with E-state index in [4.69, 9.17) is 9.62 Å². The fourth-order valence-corrected chi connectivity index (χ4v) is 1.38. The summed E-state index contributed by atoms with van der Waals surface area (Å²) in [4.78, 5) is 0. The molecule has 1 aromatic rings. The average Bonchev–Trinajstić information content (AvgIpc) is 2.09. The molecule has 0 atom stereocenters. The summed E-state index contributed by atoms with van der Waals surface area (Å²) in [6, 6.07) is 1.87. The minimum absolute atomic E-state index is 0.414. The summed E-state index contributed by atoms with van der Waals surface area (Å²) in [7, 11) is 1.58. The number of halogens is 1. The smallest absolute Gasteiger partial charge is 0.169 e. The highest BCUT2D eigenvalue weighted by molar-refractivity contribution is 9.10. The zero-order valence-electron chi connectivity index (χ0n) is 6.47. The first kappa shape index (κ1) is 8.77. The molecule has 0 saturated carbocycles. The Balaban J connectivity index is 2.77. The minimum atomic E-state index is 0.414. The number of hydrogen-bond donors (Lipinski definition) is 1. The van der Waals surface area contributed by atoms with Crippen molar-refractivity contribution < 1.29 is 9.62 Å². The van der Waals surface area contributed by atoms with Gasteiger partial charge < -0.3 is 9.62 Å². The number of hydroxylamine groups is 2. The molecule has 0 aliphatic rings. The molecule has 0 aliphatic carbocycles. The lowest BCUT2D eigenvalue weighted by molar-refractivity contribution is -0.0777. The third kappa shape index (κ3) is 2.32. The van der Waals surface area contributed by atoms with E-state index in [1.54, 1.807) is 7.05 Å². The summed E-state index contributed by atoms with van der Waals surface area (Å²) >= 11 is 3.21. The molecule has 0 amide bonds. The van der Waals surface area contributed by atoms with E-state index < -0.39 is 0 Å². The van der Waals surface area contributed by atoms with Gasteiger partial charge in [0.05, 0.1) is 6.54 Å². The van der Waals surface area contributed by atoms with Crippen LogP contribution in [0.4, 0.5) is 0 Å². The molecule has 1 heterocycles. The van der Waals surface area contributed by atoms with Gasteiger partial charge >= 0.3 is 0 Å². The van der Waals surface area contributed by atoms with Gasteiger partial charge in [0.1, 0.15) is 5.76 Å². The Hall–Kier alpha value is -0.320. The first-order valence-corrected chi connectivity index (χ1v) is 4.03. The molecule has 1 N–H and O–H groups in total. The number of nitrogens with zero attached hydrogens (tertiary/aromatic N) is 1. The lowest BCUT2D eigenvalue weighted by atomic mass is 10.3. The molecular weight excluding hydrogens is 210 g/mol. The Morgan fingerprint density at radius 2 is 2.36 bits per heavy atom. The van der Waals surface area contributed by atoms with E-state index in [2.05, 4.69) is 15.9 Å². The van der Waals surface area contributed by atoms with Crippen molar-refractivity contribution in [2.75, 3.05) is 7.05 Å². The van der Waals surface area contributed by atoms with Crippen LogP contribution in [0, 0.1) is 6.92 Å². The molecule has 11 heavy (non-hydrogen) atoms. The van der Waals surface area contributed by atoms with E-state index in [1.807, 2.05) is 13.0 Å². The maximum absolute atomic E-state index is 8.90. The standard InChI is InChI=1S/C7H10BrNO2/c1-5-3-7(8)11-6(5)4-9(2)10/h3,10H,4H2,1-2H3. The first-order valence-electron chi connectivity index (χ1n) is 3.24. The Labute approximate surface area is 73.7 Å². The number of aryl methyl sites for hydroxylation is 1. The molecule has 62 valence electrons. The fourth-order valence-electron chi connectivity index (χ4n) is 0.843. The van der Waals surface area contributed by atoms with Gasteiger partial charge in [-0.25, -0.2) is 0 Å². The van der Waals surface area contributed by atoms with Crippen molar-refractivity contribution in [1.29, 1.82) is 0 Å². The van der Waals surface area contributed by atoms with Crippen molar-refractivity contribution in [2.45, 2.75) is 13.5 Å². The Morgan fingerprint density at radius 1 is 1.73 bits per heavy atom. The molecule has 0 aliphatic heterocycles. The molecule has 1 aromatic heterocycles. The van der Waals surface area contributed by atoms with E-state index in [1.165, 1.54) is 0 Å². The predicted molar refractivity (Wildman–Crippen MR) is 44.4 cm³/mol. The van der Waals surface area contributed by atoms with Crippen LogP contribution >= 0.6 is 15.9 Å². The molecule has 0 fully saturated rings. The summed E-state index contributed by atoms with van der Waals surface area (Å²) in [6.07, 6.45) is 0. The highest BCUT2D eigenvalue weighted by Crippen LogP contribution is 2.19. The summed E-state index contributed by atoms with van der Waals surface area (Å²) in [5.74, 6) is 0.780. The maximum Gasteiger partial charge on any atom is 0.169 e. The topological polar surface area (TPSA) is 36.6 Å². The van der Waals surface area contributed by atoms with Gasteiger partial charge in [0, 0.05) is 7.05 Å². The van der Waals surface area contributed by atoms with E-state index >= 15 is 0 Å². The Kier molecular flexibility index (Phi) is 2.70. The molecule has 4 heteroatoms. The second-order valence-corrected chi connectivity index (χ2v) is 3.25. The predicted octanol–water partition coefficient (Wildman–Crippen LogP) is 2.17. The zero-order chi connectivity index (χ0) is 8.43. The Bertz CT molecular complexity index is 245. The van der Waals surface area contributed by atoms with Gasteiger partial charge in [-0.05, 0) is 34.5 Å². The van der Waals surface area contributed by atoms with Gasteiger partial charge in [-0.3, -0.25) is 0 Å². The van der Waals surface area contributed by atoms with E-state index in [-0.39, 0.29) is 0 Å². The molecule has 0 unspecified atom stereocenters. The second kappa shape index (κ2) is 3.38. The van der Waals surface area contributed by atoms with Crippen molar-refractivity contribution in [2.24, 2.45) is 0 Å². The van der Waals surface area contributed by atoms with Crippen molar-refractivity contribution in [1.82, 2.24) is 5.06 Å². The third-order valence-electron chi connectivity index (χ3n) is 1.36. The molecule has 0 spiro atoms. The zero-order valence-corrected chi connectivity index (χ0v) is 8.05. The van der Waals surface area contributed by atoms with Crippen molar-refractivity contribution >= 4 is 15.9 Å².